The van der Waals surface area contributed by atoms with E-state index in [1.54, 1.807) is 6.20 Å². The molecule has 2 unspecified atom stereocenters. The first-order valence-corrected chi connectivity index (χ1v) is 5.43. The van der Waals surface area contributed by atoms with Gasteiger partial charge in [-0.1, -0.05) is 0 Å². The maximum Gasteiger partial charge on any atom is 0.125 e. The Balaban J connectivity index is 1.83. The highest BCUT2D eigenvalue weighted by atomic mass is 16.5. The number of aromatic nitrogens is 1. The normalized spacial score (nSPS) is 29.5. The van der Waals surface area contributed by atoms with E-state index in [-0.39, 0.29) is 0 Å². The highest BCUT2D eigenvalue weighted by Crippen LogP contribution is 2.29. The van der Waals surface area contributed by atoms with Crippen molar-refractivity contribution in [2.24, 2.45) is 0 Å². The lowest BCUT2D eigenvalue weighted by atomic mass is 10.2. The molecule has 2 N–H and O–H groups in total. The fourth-order valence-electron chi connectivity index (χ4n) is 2.46. The van der Waals surface area contributed by atoms with Gasteiger partial charge in [-0.15, -0.1) is 0 Å². The molecule has 0 saturated carbocycles. The number of hydrogen-bond donors (Lipinski definition) is 1. The van der Waals surface area contributed by atoms with Crippen molar-refractivity contribution in [2.45, 2.75) is 25.0 Å². The summed E-state index contributed by atoms with van der Waals surface area (Å²) < 4.78 is 5.79. The maximum atomic E-state index is 5.79. The van der Waals surface area contributed by atoms with Crippen LogP contribution in [0.2, 0.25) is 0 Å². The van der Waals surface area contributed by atoms with Gasteiger partial charge < -0.3 is 15.4 Å². The van der Waals surface area contributed by atoms with E-state index in [2.05, 4.69) is 9.88 Å². The van der Waals surface area contributed by atoms with E-state index in [1.807, 2.05) is 12.1 Å². The summed E-state index contributed by atoms with van der Waals surface area (Å²) in [6, 6.07) is 3.95. The molecule has 2 saturated heterocycles. The van der Waals surface area contributed by atoms with Gasteiger partial charge in [0.1, 0.15) is 5.82 Å². The van der Waals surface area contributed by atoms with Crippen molar-refractivity contribution in [2.75, 3.05) is 23.7 Å². The van der Waals surface area contributed by atoms with E-state index in [4.69, 9.17) is 10.5 Å². The number of nitrogen functional groups attached to an aromatic ring is 1. The van der Waals surface area contributed by atoms with Gasteiger partial charge in [-0.05, 0) is 18.9 Å². The fourth-order valence-corrected chi connectivity index (χ4v) is 2.46. The zero-order chi connectivity index (χ0) is 10.3. The third-order valence-corrected chi connectivity index (χ3v) is 3.17. The van der Waals surface area contributed by atoms with Gasteiger partial charge in [0, 0.05) is 31.0 Å². The molecule has 1 aromatic heterocycles. The minimum absolute atomic E-state index is 0.415. The van der Waals surface area contributed by atoms with E-state index >= 15 is 0 Å². The van der Waals surface area contributed by atoms with Crippen molar-refractivity contribution in [3.63, 3.8) is 0 Å². The molecule has 3 heterocycles. The van der Waals surface area contributed by atoms with Crippen molar-refractivity contribution in [3.05, 3.63) is 18.3 Å². The van der Waals surface area contributed by atoms with Gasteiger partial charge in [-0.3, -0.25) is 0 Å². The number of ether oxygens (including phenoxy) is 1. The van der Waals surface area contributed by atoms with Gasteiger partial charge in [-0.25, -0.2) is 4.98 Å². The second kappa shape index (κ2) is 3.38. The zero-order valence-corrected chi connectivity index (χ0v) is 8.60. The number of nitrogens with zero attached hydrogens (tertiary/aromatic N) is 2. The largest absolute Gasteiger partial charge is 0.384 e. The lowest BCUT2D eigenvalue weighted by molar-refractivity contribution is 0.0305. The summed E-state index contributed by atoms with van der Waals surface area (Å²) >= 11 is 0. The summed E-state index contributed by atoms with van der Waals surface area (Å²) in [4.78, 5) is 6.36. The van der Waals surface area contributed by atoms with E-state index in [1.165, 1.54) is 18.5 Å². The van der Waals surface area contributed by atoms with Crippen LogP contribution in [0.4, 0.5) is 11.5 Å². The van der Waals surface area contributed by atoms with Crippen molar-refractivity contribution in [1.82, 2.24) is 4.98 Å². The van der Waals surface area contributed by atoms with Gasteiger partial charge in [0.05, 0.1) is 12.2 Å². The monoisotopic (exact) mass is 205 g/mol. The van der Waals surface area contributed by atoms with E-state index in [0.29, 0.717) is 18.0 Å². The van der Waals surface area contributed by atoms with Crippen molar-refractivity contribution >= 4 is 11.5 Å². The first-order valence-electron chi connectivity index (χ1n) is 5.43. The molecule has 2 atom stereocenters. The Bertz CT molecular complexity index is 357. The molecule has 1 aromatic rings. The van der Waals surface area contributed by atoms with Crippen molar-refractivity contribution in [3.8, 4) is 0 Å². The van der Waals surface area contributed by atoms with Gasteiger partial charge in [0.25, 0.3) is 0 Å². The molecular weight excluding hydrogens is 190 g/mol. The van der Waals surface area contributed by atoms with Crippen LogP contribution in [0.1, 0.15) is 12.8 Å². The average molecular weight is 205 g/mol. The van der Waals surface area contributed by atoms with Gasteiger partial charge in [0.15, 0.2) is 0 Å². The molecule has 0 amide bonds. The standard InChI is InChI=1S/C11H15N3O/c12-11-5-8(3-4-13-11)14-6-9-1-2-10(7-14)15-9/h3-5,9-10H,1-2,6-7H2,(H2,12,13). The summed E-state index contributed by atoms with van der Waals surface area (Å²) in [5.41, 5.74) is 6.85. The van der Waals surface area contributed by atoms with Crippen LogP contribution in [0, 0.1) is 0 Å². The number of nitrogens with two attached hydrogens (primary N) is 1. The van der Waals surface area contributed by atoms with Crippen LogP contribution in [0.3, 0.4) is 0 Å². The van der Waals surface area contributed by atoms with Crippen molar-refractivity contribution < 1.29 is 4.74 Å². The topological polar surface area (TPSA) is 51.4 Å². The van der Waals surface area contributed by atoms with Crippen LogP contribution in [0.15, 0.2) is 18.3 Å². The summed E-state index contributed by atoms with van der Waals surface area (Å²) in [5, 5.41) is 0. The molecule has 0 radical (unpaired) electrons. The zero-order valence-electron chi connectivity index (χ0n) is 8.60. The van der Waals surface area contributed by atoms with Gasteiger partial charge in [-0.2, -0.15) is 0 Å². The Labute approximate surface area is 89.0 Å². The highest BCUT2D eigenvalue weighted by Gasteiger charge is 2.33. The van der Waals surface area contributed by atoms with E-state index in [0.717, 1.165) is 13.1 Å². The van der Waals surface area contributed by atoms with Gasteiger partial charge >= 0.3 is 0 Å². The molecular formula is C11H15N3O. The second-order valence-electron chi connectivity index (χ2n) is 4.30. The Morgan fingerprint density at radius 1 is 1.33 bits per heavy atom. The molecule has 2 aliphatic heterocycles. The van der Waals surface area contributed by atoms with Crippen LogP contribution in [0.5, 0.6) is 0 Å². The number of morpholine rings is 1. The van der Waals surface area contributed by atoms with Crippen LogP contribution < -0.4 is 10.6 Å². The Morgan fingerprint density at radius 2 is 2.07 bits per heavy atom. The molecule has 3 rings (SSSR count). The third-order valence-electron chi connectivity index (χ3n) is 3.17. The first-order chi connectivity index (χ1) is 7.31. The molecule has 80 valence electrons. The predicted molar refractivity (Wildman–Crippen MR) is 58.8 cm³/mol. The molecule has 0 aromatic carbocycles. The quantitative estimate of drug-likeness (QED) is 0.744. The smallest absolute Gasteiger partial charge is 0.125 e. The summed E-state index contributed by atoms with van der Waals surface area (Å²) in [6.07, 6.45) is 4.99. The lowest BCUT2D eigenvalue weighted by Gasteiger charge is -2.33. The third kappa shape index (κ3) is 1.65. The number of fused-ring (bicyclic) bond motifs is 2. The van der Waals surface area contributed by atoms with Crippen molar-refractivity contribution in [1.29, 1.82) is 0 Å². The van der Waals surface area contributed by atoms with Crippen LogP contribution in [-0.4, -0.2) is 30.3 Å². The Hall–Kier alpha value is -1.29. The van der Waals surface area contributed by atoms with Crippen LogP contribution >= 0.6 is 0 Å². The molecule has 2 bridgehead atoms. The number of pyridine rings is 1. The second-order valence-corrected chi connectivity index (χ2v) is 4.30. The molecule has 0 spiro atoms. The summed E-state index contributed by atoms with van der Waals surface area (Å²) in [5.74, 6) is 0.589. The molecule has 2 aliphatic rings. The molecule has 15 heavy (non-hydrogen) atoms. The summed E-state index contributed by atoms with van der Waals surface area (Å²) in [7, 11) is 0. The minimum atomic E-state index is 0.415. The molecule has 4 nitrogen and oxygen atoms in total. The Kier molecular flexibility index (Phi) is 2.02. The lowest BCUT2D eigenvalue weighted by Crippen LogP contribution is -2.42. The average Bonchev–Trinajstić information content (AvgIpc) is 2.58. The minimum Gasteiger partial charge on any atom is -0.384 e. The molecule has 0 aliphatic carbocycles. The fraction of sp³-hybridized carbons (Fsp3) is 0.545. The predicted octanol–water partition coefficient (Wildman–Crippen LogP) is 1.03. The van der Waals surface area contributed by atoms with Crippen LogP contribution in [-0.2, 0) is 4.74 Å². The molecule has 4 heteroatoms. The van der Waals surface area contributed by atoms with Gasteiger partial charge in [0.2, 0.25) is 0 Å². The molecule has 2 fully saturated rings. The maximum absolute atomic E-state index is 5.79. The Morgan fingerprint density at radius 3 is 2.73 bits per heavy atom. The van der Waals surface area contributed by atoms with E-state index < -0.39 is 0 Å². The van der Waals surface area contributed by atoms with E-state index in [9.17, 15) is 0 Å². The number of anilines is 2. The summed E-state index contributed by atoms with van der Waals surface area (Å²) in [6.45, 7) is 1.97. The van der Waals surface area contributed by atoms with Crippen LogP contribution in [0.25, 0.3) is 0 Å². The number of hydrogen-bond acceptors (Lipinski definition) is 4. The number of rotatable bonds is 1. The first kappa shape index (κ1) is 8.97. The SMILES string of the molecule is Nc1cc(N2CC3CCC(C2)O3)ccn1. The highest BCUT2D eigenvalue weighted by molar-refractivity contribution is 5.52.